The van der Waals surface area contributed by atoms with E-state index in [1.54, 1.807) is 30.3 Å². The Morgan fingerprint density at radius 1 is 0.968 bits per heavy atom. The second kappa shape index (κ2) is 9.82. The molecule has 0 unspecified atom stereocenters. The maximum atomic E-state index is 13.7. The number of rotatable bonds is 8. The van der Waals surface area contributed by atoms with Crippen LogP contribution in [0.3, 0.4) is 0 Å². The second-order valence-corrected chi connectivity index (χ2v) is 8.58. The van der Waals surface area contributed by atoms with Gasteiger partial charge in [-0.2, -0.15) is 0 Å². The number of benzene rings is 3. The van der Waals surface area contributed by atoms with Gasteiger partial charge in [-0.15, -0.1) is 0 Å². The summed E-state index contributed by atoms with van der Waals surface area (Å²) in [5.41, 5.74) is 0.412. The molecule has 3 rings (SSSR count). The number of sulfonamides is 1. The van der Waals surface area contributed by atoms with Gasteiger partial charge >= 0.3 is 5.97 Å². The van der Waals surface area contributed by atoms with E-state index < -0.39 is 34.2 Å². The average molecular weight is 462 g/mol. The summed E-state index contributed by atoms with van der Waals surface area (Å²) in [4.78, 5) is 24.1. The van der Waals surface area contributed by atoms with Gasteiger partial charge in [-0.05, 0) is 35.9 Å². The van der Waals surface area contributed by atoms with E-state index in [0.29, 0.717) is 0 Å². The van der Waals surface area contributed by atoms with Crippen LogP contribution in [-0.2, 0) is 21.3 Å². The third-order valence-electron chi connectivity index (χ3n) is 4.27. The minimum absolute atomic E-state index is 0.0331. The number of hydrogen-bond acceptors (Lipinski definition) is 5. The molecule has 3 aromatic rings. The smallest absolute Gasteiger partial charge is 0.338 e. The third kappa shape index (κ3) is 5.75. The fourth-order valence-corrected chi connectivity index (χ4v) is 4.21. The minimum atomic E-state index is -4.03. The van der Waals surface area contributed by atoms with Gasteiger partial charge in [0, 0.05) is 6.54 Å². The van der Waals surface area contributed by atoms with Gasteiger partial charge in [-0.1, -0.05) is 54.1 Å². The van der Waals surface area contributed by atoms with E-state index in [4.69, 9.17) is 16.3 Å². The molecule has 0 heterocycles. The van der Waals surface area contributed by atoms with Gasteiger partial charge in [0.2, 0.25) is 15.8 Å². The zero-order valence-electron chi connectivity index (χ0n) is 16.0. The summed E-state index contributed by atoms with van der Waals surface area (Å²) in [7, 11) is -4.03. The molecule has 160 valence electrons. The topological polar surface area (TPSA) is 89.5 Å². The Labute approximate surface area is 183 Å². The number of carbonyl (C=O) groups excluding carboxylic acids is 2. The van der Waals surface area contributed by atoms with Gasteiger partial charge in [-0.3, -0.25) is 4.79 Å². The maximum absolute atomic E-state index is 13.7. The van der Waals surface area contributed by atoms with Crippen LogP contribution in [0.1, 0.15) is 26.3 Å². The van der Waals surface area contributed by atoms with E-state index in [2.05, 4.69) is 4.72 Å². The molecule has 9 heteroatoms. The molecule has 0 saturated carbocycles. The Hall–Kier alpha value is -3.07. The summed E-state index contributed by atoms with van der Waals surface area (Å²) >= 11 is 6.03. The van der Waals surface area contributed by atoms with E-state index in [-0.39, 0.29) is 27.6 Å². The van der Waals surface area contributed by atoms with Gasteiger partial charge in [0.1, 0.15) is 10.7 Å². The molecule has 0 aliphatic heterocycles. The Balaban J connectivity index is 1.71. The molecule has 6 nitrogen and oxygen atoms in total. The summed E-state index contributed by atoms with van der Waals surface area (Å²) in [6.07, 6.45) is 0. The van der Waals surface area contributed by atoms with Crippen molar-refractivity contribution in [3.05, 3.63) is 100 Å². The van der Waals surface area contributed by atoms with Crippen molar-refractivity contribution < 1.29 is 27.1 Å². The molecular formula is C22H17ClFNO5S. The summed E-state index contributed by atoms with van der Waals surface area (Å²) < 4.78 is 46.3. The molecule has 0 fully saturated rings. The number of hydrogen-bond donors (Lipinski definition) is 1. The zero-order chi connectivity index (χ0) is 22.4. The number of esters is 1. The lowest BCUT2D eigenvalue weighted by molar-refractivity contribution is 0.0473. The van der Waals surface area contributed by atoms with Gasteiger partial charge < -0.3 is 4.74 Å². The minimum Gasteiger partial charge on any atom is -0.454 e. The number of ether oxygens (including phenoxy) is 1. The highest BCUT2D eigenvalue weighted by molar-refractivity contribution is 7.89. The van der Waals surface area contributed by atoms with Crippen LogP contribution in [0.2, 0.25) is 5.02 Å². The predicted molar refractivity (Wildman–Crippen MR) is 113 cm³/mol. The maximum Gasteiger partial charge on any atom is 0.338 e. The molecule has 0 radical (unpaired) electrons. The quantitative estimate of drug-likeness (QED) is 0.404. The first-order valence-corrected chi connectivity index (χ1v) is 10.9. The molecule has 0 bridgehead atoms. The summed E-state index contributed by atoms with van der Waals surface area (Å²) in [6, 6.07) is 17.7. The van der Waals surface area contributed by atoms with Crippen LogP contribution in [0, 0.1) is 5.82 Å². The first kappa shape index (κ1) is 22.6. The van der Waals surface area contributed by atoms with Crippen LogP contribution in [0.15, 0.2) is 77.7 Å². The Morgan fingerprint density at radius 3 is 2.35 bits per heavy atom. The standard InChI is InChI=1S/C22H17ClFNO5S/c23-18-11-10-16(22(27)30-14-20(26)17-8-4-5-9-19(17)24)12-21(18)31(28,29)25-13-15-6-2-1-3-7-15/h1-12,25H,13-14H2. The van der Waals surface area contributed by atoms with Crippen molar-refractivity contribution in [2.45, 2.75) is 11.4 Å². The summed E-state index contributed by atoms with van der Waals surface area (Å²) in [5.74, 6) is -2.40. The number of halogens is 2. The van der Waals surface area contributed by atoms with Gasteiger partial charge in [0.15, 0.2) is 6.61 Å². The second-order valence-electron chi connectivity index (χ2n) is 6.43. The molecule has 0 aliphatic rings. The highest BCUT2D eigenvalue weighted by atomic mass is 35.5. The Morgan fingerprint density at radius 2 is 1.65 bits per heavy atom. The van der Waals surface area contributed by atoms with Crippen molar-refractivity contribution in [3.8, 4) is 0 Å². The van der Waals surface area contributed by atoms with Crippen molar-refractivity contribution in [3.63, 3.8) is 0 Å². The van der Waals surface area contributed by atoms with Crippen LogP contribution in [0.25, 0.3) is 0 Å². The van der Waals surface area contributed by atoms with Gasteiger partial charge in [-0.25, -0.2) is 22.3 Å². The van der Waals surface area contributed by atoms with Crippen molar-refractivity contribution >= 4 is 33.4 Å². The van der Waals surface area contributed by atoms with Crippen LogP contribution < -0.4 is 4.72 Å². The molecule has 0 aliphatic carbocycles. The van der Waals surface area contributed by atoms with E-state index >= 15 is 0 Å². The Kier molecular flexibility index (Phi) is 7.17. The molecule has 3 aromatic carbocycles. The third-order valence-corrected chi connectivity index (χ3v) is 6.16. The number of nitrogens with one attached hydrogen (secondary N) is 1. The fraction of sp³-hybridized carbons (Fsp3) is 0.0909. The number of Topliss-reactive ketones (excluding diaryl/α,β-unsaturated/α-hetero) is 1. The van der Waals surface area contributed by atoms with Crippen molar-refractivity contribution in [1.29, 1.82) is 0 Å². The Bertz CT molecular complexity index is 1220. The van der Waals surface area contributed by atoms with E-state index in [9.17, 15) is 22.4 Å². The molecule has 0 aromatic heterocycles. The van der Waals surface area contributed by atoms with E-state index in [0.717, 1.165) is 17.7 Å². The van der Waals surface area contributed by atoms with Crippen molar-refractivity contribution in [1.82, 2.24) is 4.72 Å². The SMILES string of the molecule is O=C(OCC(=O)c1ccccc1F)c1ccc(Cl)c(S(=O)(=O)NCc2ccccc2)c1. The predicted octanol–water partition coefficient (Wildman–Crippen LogP) is 4.00. The highest BCUT2D eigenvalue weighted by Crippen LogP contribution is 2.23. The molecule has 1 N–H and O–H groups in total. The first-order chi connectivity index (χ1) is 14.8. The first-order valence-electron chi connectivity index (χ1n) is 9.06. The molecule has 0 amide bonds. The average Bonchev–Trinajstić information content (AvgIpc) is 2.77. The van der Waals surface area contributed by atoms with Crippen molar-refractivity contribution in [2.24, 2.45) is 0 Å². The van der Waals surface area contributed by atoms with Gasteiger partial charge in [0.25, 0.3) is 0 Å². The molecule has 0 saturated heterocycles. The summed E-state index contributed by atoms with van der Waals surface area (Å²) in [6.45, 7) is -0.665. The van der Waals surface area contributed by atoms with E-state index in [1.165, 1.54) is 30.3 Å². The zero-order valence-corrected chi connectivity index (χ0v) is 17.6. The van der Waals surface area contributed by atoms with E-state index in [1.807, 2.05) is 0 Å². The van der Waals surface area contributed by atoms with Crippen molar-refractivity contribution in [2.75, 3.05) is 6.61 Å². The molecular weight excluding hydrogens is 445 g/mol. The lowest BCUT2D eigenvalue weighted by atomic mass is 10.1. The molecule has 0 atom stereocenters. The highest BCUT2D eigenvalue weighted by Gasteiger charge is 2.21. The fourth-order valence-electron chi connectivity index (χ4n) is 2.67. The lowest BCUT2D eigenvalue weighted by Gasteiger charge is -2.10. The van der Waals surface area contributed by atoms with Crippen LogP contribution in [0.4, 0.5) is 4.39 Å². The van der Waals surface area contributed by atoms with Gasteiger partial charge in [0.05, 0.1) is 16.1 Å². The van der Waals surface area contributed by atoms with Crippen LogP contribution >= 0.6 is 11.6 Å². The molecule has 31 heavy (non-hydrogen) atoms. The number of ketones is 1. The summed E-state index contributed by atoms with van der Waals surface area (Å²) in [5, 5.41) is -0.0838. The lowest BCUT2D eigenvalue weighted by Crippen LogP contribution is -2.24. The largest absolute Gasteiger partial charge is 0.454 e. The molecule has 0 spiro atoms. The normalized spacial score (nSPS) is 11.2. The van der Waals surface area contributed by atoms with Crippen LogP contribution in [0.5, 0.6) is 0 Å². The van der Waals surface area contributed by atoms with Crippen LogP contribution in [-0.4, -0.2) is 26.8 Å². The number of carbonyl (C=O) groups is 2. The monoisotopic (exact) mass is 461 g/mol.